The van der Waals surface area contributed by atoms with Gasteiger partial charge >= 0.3 is 12.1 Å². The molecule has 0 aromatic heterocycles. The number of carbonyl (C=O) groups is 3. The van der Waals surface area contributed by atoms with E-state index >= 15 is 0 Å². The lowest BCUT2D eigenvalue weighted by Crippen LogP contribution is -2.50. The number of alkyl carbamates (subject to hydrolysis) is 1. The highest BCUT2D eigenvalue weighted by Gasteiger charge is 2.32. The van der Waals surface area contributed by atoms with Gasteiger partial charge in [0.1, 0.15) is 23.6 Å². The number of ether oxygens (including phenoxy) is 2. The lowest BCUT2D eigenvalue weighted by atomic mass is 9.87. The number of hydrogen-bond donors (Lipinski definition) is 1. The topological polar surface area (TPSA) is 81.7 Å². The van der Waals surface area contributed by atoms with Crippen molar-refractivity contribution in [2.75, 3.05) is 7.11 Å². The number of benzene rings is 1. The van der Waals surface area contributed by atoms with Crippen LogP contribution >= 0.6 is 0 Å². The molecule has 0 unspecified atom stereocenters. The van der Waals surface area contributed by atoms with Gasteiger partial charge in [0.15, 0.2) is 0 Å². The highest BCUT2D eigenvalue weighted by atomic mass is 19.1. The van der Waals surface area contributed by atoms with Crippen molar-refractivity contribution >= 4 is 17.8 Å². The molecule has 0 aliphatic rings. The van der Waals surface area contributed by atoms with Gasteiger partial charge < -0.3 is 14.8 Å². The van der Waals surface area contributed by atoms with Crippen molar-refractivity contribution in [1.29, 1.82) is 0 Å². The van der Waals surface area contributed by atoms with Gasteiger partial charge in [-0.2, -0.15) is 0 Å². The largest absolute Gasteiger partial charge is 0.469 e. The fourth-order valence-corrected chi connectivity index (χ4v) is 2.48. The van der Waals surface area contributed by atoms with Crippen LogP contribution in [0.15, 0.2) is 24.3 Å². The van der Waals surface area contributed by atoms with Crippen LogP contribution in [0.5, 0.6) is 0 Å². The molecule has 1 N–H and O–H groups in total. The van der Waals surface area contributed by atoms with Crippen LogP contribution in [0, 0.1) is 5.82 Å². The molecule has 6 nitrogen and oxygen atoms in total. The van der Waals surface area contributed by atoms with Gasteiger partial charge in [0, 0.05) is 6.42 Å². The predicted molar refractivity (Wildman–Crippen MR) is 94.1 cm³/mol. The molecule has 1 amide bonds. The first kappa shape index (κ1) is 21.6. The summed E-state index contributed by atoms with van der Waals surface area (Å²) in [5.41, 5.74) is -0.974. The molecule has 0 aliphatic heterocycles. The summed E-state index contributed by atoms with van der Waals surface area (Å²) in [6, 6.07) is 5.77. The normalized spacial score (nSPS) is 13.5. The standard InChI is InChI=1S/C19H26FNO5/c1-18(2,3)26-17(24)21-19(4,12-15(22)10-16(23)25-5)11-13-6-8-14(20)9-7-13/h6-9H,10-12H2,1-5H3,(H,21,24)/t19-/m0/s1. The lowest BCUT2D eigenvalue weighted by molar-refractivity contribution is -0.143. The van der Waals surface area contributed by atoms with E-state index in [4.69, 9.17) is 4.74 Å². The molecule has 1 rings (SSSR count). The summed E-state index contributed by atoms with van der Waals surface area (Å²) in [5, 5.41) is 2.71. The molecule has 0 saturated heterocycles. The quantitative estimate of drug-likeness (QED) is 0.591. The highest BCUT2D eigenvalue weighted by molar-refractivity contribution is 5.96. The van der Waals surface area contributed by atoms with Crippen LogP contribution in [0.1, 0.15) is 46.1 Å². The van der Waals surface area contributed by atoms with E-state index in [1.807, 2.05) is 0 Å². The molecule has 7 heteroatoms. The summed E-state index contributed by atoms with van der Waals surface area (Å²) < 4.78 is 22.9. The Hall–Kier alpha value is -2.44. The van der Waals surface area contributed by atoms with Crippen molar-refractivity contribution in [3.63, 3.8) is 0 Å². The maximum absolute atomic E-state index is 13.1. The number of Topliss-reactive ketones (excluding diaryl/α,β-unsaturated/α-hetero) is 1. The Kier molecular flexibility index (Phi) is 7.29. The minimum atomic E-state index is -1.01. The number of nitrogens with one attached hydrogen (secondary N) is 1. The molecule has 0 saturated carbocycles. The third kappa shape index (κ3) is 8.09. The third-order valence-electron chi connectivity index (χ3n) is 3.47. The van der Waals surface area contributed by atoms with Gasteiger partial charge in [0.2, 0.25) is 0 Å². The summed E-state index contributed by atoms with van der Waals surface area (Å²) >= 11 is 0. The number of amides is 1. The molecule has 0 bridgehead atoms. The van der Waals surface area contributed by atoms with Crippen LogP contribution in [-0.4, -0.2) is 36.1 Å². The van der Waals surface area contributed by atoms with Gasteiger partial charge in [-0.25, -0.2) is 9.18 Å². The zero-order valence-electron chi connectivity index (χ0n) is 15.8. The SMILES string of the molecule is COC(=O)CC(=O)C[C@](C)(Cc1ccc(F)cc1)NC(=O)OC(C)(C)C. The van der Waals surface area contributed by atoms with Gasteiger partial charge in [-0.1, -0.05) is 12.1 Å². The van der Waals surface area contributed by atoms with E-state index in [9.17, 15) is 18.8 Å². The lowest BCUT2D eigenvalue weighted by Gasteiger charge is -2.32. The number of carbonyl (C=O) groups excluding carboxylic acids is 3. The van der Waals surface area contributed by atoms with E-state index < -0.39 is 23.2 Å². The van der Waals surface area contributed by atoms with Crippen molar-refractivity contribution in [3.05, 3.63) is 35.6 Å². The first-order valence-corrected chi connectivity index (χ1v) is 8.26. The Balaban J connectivity index is 2.94. The van der Waals surface area contributed by atoms with Crippen LogP contribution in [0.25, 0.3) is 0 Å². The maximum atomic E-state index is 13.1. The van der Waals surface area contributed by atoms with Crippen LogP contribution < -0.4 is 5.32 Å². The van der Waals surface area contributed by atoms with E-state index in [0.29, 0.717) is 0 Å². The number of methoxy groups -OCH3 is 1. The van der Waals surface area contributed by atoms with Crippen LogP contribution in [0.3, 0.4) is 0 Å². The fourth-order valence-electron chi connectivity index (χ4n) is 2.48. The summed E-state index contributed by atoms with van der Waals surface area (Å²) in [5.74, 6) is -1.40. The van der Waals surface area contributed by atoms with E-state index in [1.54, 1.807) is 39.8 Å². The second-order valence-electron chi connectivity index (χ2n) is 7.46. The number of halogens is 1. The van der Waals surface area contributed by atoms with Crippen molar-refractivity contribution in [1.82, 2.24) is 5.32 Å². The Bertz CT molecular complexity index is 651. The fraction of sp³-hybridized carbons (Fsp3) is 0.526. The predicted octanol–water partition coefficient (Wildman–Crippen LogP) is 3.17. The second kappa shape index (κ2) is 8.78. The molecule has 26 heavy (non-hydrogen) atoms. The third-order valence-corrected chi connectivity index (χ3v) is 3.47. The molecule has 144 valence electrons. The maximum Gasteiger partial charge on any atom is 0.408 e. The first-order valence-electron chi connectivity index (χ1n) is 8.26. The van der Waals surface area contributed by atoms with Crippen LogP contribution in [0.4, 0.5) is 9.18 Å². The molecule has 0 heterocycles. The van der Waals surface area contributed by atoms with Crippen LogP contribution in [-0.2, 0) is 25.5 Å². The summed E-state index contributed by atoms with van der Waals surface area (Å²) in [7, 11) is 1.20. The molecule has 0 fully saturated rings. The summed E-state index contributed by atoms with van der Waals surface area (Å²) in [6.45, 7) is 6.86. The minimum absolute atomic E-state index is 0.0985. The molecule has 0 aliphatic carbocycles. The molecular formula is C19H26FNO5. The van der Waals surface area contributed by atoms with Crippen molar-refractivity contribution < 1.29 is 28.2 Å². The smallest absolute Gasteiger partial charge is 0.408 e. The van der Waals surface area contributed by atoms with Gasteiger partial charge in [-0.3, -0.25) is 9.59 Å². The molecule has 1 atom stereocenters. The number of ketones is 1. The van der Waals surface area contributed by atoms with Crippen molar-refractivity contribution in [3.8, 4) is 0 Å². The number of hydrogen-bond acceptors (Lipinski definition) is 5. The van der Waals surface area contributed by atoms with E-state index in [-0.39, 0.29) is 30.9 Å². The summed E-state index contributed by atoms with van der Waals surface area (Å²) in [4.78, 5) is 35.7. The Labute approximate surface area is 153 Å². The van der Waals surface area contributed by atoms with Crippen LogP contribution in [0.2, 0.25) is 0 Å². The average molecular weight is 367 g/mol. The Morgan fingerprint density at radius 1 is 1.08 bits per heavy atom. The molecule has 0 spiro atoms. The van der Waals surface area contributed by atoms with E-state index in [0.717, 1.165) is 5.56 Å². The van der Waals surface area contributed by atoms with Gasteiger partial charge in [0.25, 0.3) is 0 Å². The number of rotatable bonds is 7. The Morgan fingerprint density at radius 2 is 1.65 bits per heavy atom. The zero-order valence-corrected chi connectivity index (χ0v) is 15.8. The second-order valence-corrected chi connectivity index (χ2v) is 7.46. The minimum Gasteiger partial charge on any atom is -0.469 e. The number of esters is 1. The first-order chi connectivity index (χ1) is 11.9. The van der Waals surface area contributed by atoms with E-state index in [2.05, 4.69) is 10.1 Å². The van der Waals surface area contributed by atoms with E-state index in [1.165, 1.54) is 19.2 Å². The molecule has 1 aromatic carbocycles. The summed E-state index contributed by atoms with van der Waals surface area (Å²) in [6.07, 6.45) is -0.892. The van der Waals surface area contributed by atoms with Crippen molar-refractivity contribution in [2.45, 2.75) is 58.1 Å². The highest BCUT2D eigenvalue weighted by Crippen LogP contribution is 2.20. The molecule has 0 radical (unpaired) electrons. The average Bonchev–Trinajstić information content (AvgIpc) is 2.46. The van der Waals surface area contributed by atoms with Gasteiger partial charge in [0.05, 0.1) is 12.6 Å². The van der Waals surface area contributed by atoms with Crippen molar-refractivity contribution in [2.24, 2.45) is 0 Å². The molecular weight excluding hydrogens is 341 g/mol. The monoisotopic (exact) mass is 367 g/mol. The zero-order chi connectivity index (χ0) is 20.0. The van der Waals surface area contributed by atoms with Gasteiger partial charge in [-0.15, -0.1) is 0 Å². The van der Waals surface area contributed by atoms with Gasteiger partial charge in [-0.05, 0) is 51.8 Å². The Morgan fingerprint density at radius 3 is 2.15 bits per heavy atom. The molecule has 1 aromatic rings.